The van der Waals surface area contributed by atoms with E-state index in [2.05, 4.69) is 5.32 Å². The summed E-state index contributed by atoms with van der Waals surface area (Å²) in [6, 6.07) is 8.48. The van der Waals surface area contributed by atoms with E-state index >= 15 is 0 Å². The second kappa shape index (κ2) is 12.5. The number of rotatable bonds is 11. The number of benzene rings is 2. The molecular formula is C26H31F3N2O8S. The maximum Gasteiger partial charge on any atom is 0.395 e. The average molecular weight is 589 g/mol. The van der Waals surface area contributed by atoms with Gasteiger partial charge >= 0.3 is 18.1 Å². The van der Waals surface area contributed by atoms with Crippen molar-refractivity contribution in [1.29, 1.82) is 0 Å². The number of aryl methyl sites for hydroxylation is 1. The minimum Gasteiger partial charge on any atom is -0.479 e. The highest BCUT2D eigenvalue weighted by Gasteiger charge is 2.39. The smallest absolute Gasteiger partial charge is 0.395 e. The average Bonchev–Trinajstić information content (AvgIpc) is 2.92. The highest BCUT2D eigenvalue weighted by Crippen LogP contribution is 2.35. The van der Waals surface area contributed by atoms with Crippen LogP contribution in [0, 0.1) is 0 Å². The number of aliphatic hydroxyl groups excluding tert-OH is 2. The van der Waals surface area contributed by atoms with Gasteiger partial charge in [-0.1, -0.05) is 29.6 Å². The minimum atomic E-state index is -4.80. The third kappa shape index (κ3) is 7.11. The number of sulfonamides is 1. The first-order chi connectivity index (χ1) is 18.7. The second-order valence-electron chi connectivity index (χ2n) is 9.55. The van der Waals surface area contributed by atoms with Crippen molar-refractivity contribution in [2.45, 2.75) is 74.8 Å². The molecule has 0 aliphatic heterocycles. The number of carboxylic acids is 1. The fourth-order valence-corrected chi connectivity index (χ4v) is 5.47. The Bertz CT molecular complexity index is 1320. The predicted molar refractivity (Wildman–Crippen MR) is 137 cm³/mol. The fraction of sp³-hybridized carbons (Fsp3) is 0.462. The van der Waals surface area contributed by atoms with Crippen molar-refractivity contribution in [2.75, 3.05) is 11.0 Å². The molecule has 2 aromatic rings. The molecule has 0 bridgehead atoms. The Labute approximate surface area is 229 Å². The molecule has 0 heterocycles. The molecule has 0 aromatic heterocycles. The van der Waals surface area contributed by atoms with Gasteiger partial charge in [-0.3, -0.25) is 0 Å². The van der Waals surface area contributed by atoms with Gasteiger partial charge < -0.3 is 25.5 Å². The number of anilines is 1. The number of carboxylic acid groups (broad SMARTS) is 1. The van der Waals surface area contributed by atoms with Crippen molar-refractivity contribution in [1.82, 2.24) is 5.32 Å². The first-order valence-corrected chi connectivity index (χ1v) is 14.0. The first kappa shape index (κ1) is 31.3. The molecule has 0 fully saturated rings. The van der Waals surface area contributed by atoms with Crippen LogP contribution < -0.4 is 9.79 Å². The SMILES string of the molecule is CCCNC1CCc2cc(N(OC(=O)C(O)C(O)C(=O)O)S(=O)(=O)c3ccc(C(C)C(F)(F)F)cc3)ccc2C1. The summed E-state index contributed by atoms with van der Waals surface area (Å²) >= 11 is 0. The zero-order valence-electron chi connectivity index (χ0n) is 21.8. The summed E-state index contributed by atoms with van der Waals surface area (Å²) in [4.78, 5) is 27.9. The molecule has 4 N–H and O–H groups in total. The van der Waals surface area contributed by atoms with Crippen molar-refractivity contribution in [2.24, 2.45) is 0 Å². The van der Waals surface area contributed by atoms with Crippen molar-refractivity contribution in [3.8, 4) is 0 Å². The maximum atomic E-state index is 13.6. The Morgan fingerprint density at radius 1 is 1.10 bits per heavy atom. The minimum absolute atomic E-state index is 0.164. The molecule has 14 heteroatoms. The number of alkyl halides is 3. The number of carbonyl (C=O) groups is 2. The lowest BCUT2D eigenvalue weighted by molar-refractivity contribution is -0.169. The van der Waals surface area contributed by atoms with E-state index in [0.717, 1.165) is 61.7 Å². The molecule has 220 valence electrons. The van der Waals surface area contributed by atoms with Crippen molar-refractivity contribution < 1.29 is 51.3 Å². The molecule has 2 aromatic carbocycles. The zero-order chi connectivity index (χ0) is 29.8. The lowest BCUT2D eigenvalue weighted by atomic mass is 9.88. The molecule has 4 unspecified atom stereocenters. The van der Waals surface area contributed by atoms with Gasteiger partial charge in [0, 0.05) is 6.04 Å². The van der Waals surface area contributed by atoms with Crippen LogP contribution in [-0.2, 0) is 37.3 Å². The molecule has 0 radical (unpaired) electrons. The van der Waals surface area contributed by atoms with Crippen LogP contribution in [0.4, 0.5) is 18.9 Å². The largest absolute Gasteiger partial charge is 0.479 e. The van der Waals surface area contributed by atoms with Gasteiger partial charge in [0.2, 0.25) is 0 Å². The second-order valence-corrected chi connectivity index (χ2v) is 11.3. The van der Waals surface area contributed by atoms with Crippen LogP contribution in [0.25, 0.3) is 0 Å². The molecular weight excluding hydrogens is 557 g/mol. The Balaban J connectivity index is 1.99. The summed E-state index contributed by atoms with van der Waals surface area (Å²) in [5, 5.41) is 31.8. The van der Waals surface area contributed by atoms with Crippen LogP contribution in [0.5, 0.6) is 0 Å². The van der Waals surface area contributed by atoms with Crippen LogP contribution in [0.15, 0.2) is 47.4 Å². The van der Waals surface area contributed by atoms with Crippen LogP contribution >= 0.6 is 0 Å². The molecule has 1 aliphatic carbocycles. The fourth-order valence-electron chi connectivity index (χ4n) is 4.23. The summed E-state index contributed by atoms with van der Waals surface area (Å²) < 4.78 is 66.6. The van der Waals surface area contributed by atoms with Crippen LogP contribution in [-0.4, -0.2) is 66.6 Å². The monoisotopic (exact) mass is 588 g/mol. The van der Waals surface area contributed by atoms with Crippen LogP contribution in [0.1, 0.15) is 49.3 Å². The number of fused-ring (bicyclic) bond motifs is 1. The zero-order valence-corrected chi connectivity index (χ0v) is 22.6. The third-order valence-electron chi connectivity index (χ3n) is 6.67. The van der Waals surface area contributed by atoms with Gasteiger partial charge in [0.15, 0.2) is 12.2 Å². The number of hydrogen-bond donors (Lipinski definition) is 4. The van der Waals surface area contributed by atoms with E-state index in [0.29, 0.717) is 12.8 Å². The van der Waals surface area contributed by atoms with E-state index in [9.17, 15) is 41.4 Å². The summed E-state index contributed by atoms with van der Waals surface area (Å²) in [7, 11) is -4.80. The molecule has 4 atom stereocenters. The Morgan fingerprint density at radius 2 is 1.75 bits per heavy atom. The topological polar surface area (TPSA) is 153 Å². The third-order valence-corrected chi connectivity index (χ3v) is 8.26. The van der Waals surface area contributed by atoms with Gasteiger partial charge in [-0.25, -0.2) is 9.59 Å². The van der Waals surface area contributed by atoms with Gasteiger partial charge in [-0.15, -0.1) is 0 Å². The van der Waals surface area contributed by atoms with Gasteiger partial charge in [0.1, 0.15) is 0 Å². The highest BCUT2D eigenvalue weighted by atomic mass is 32.2. The van der Waals surface area contributed by atoms with Gasteiger partial charge in [0.25, 0.3) is 10.0 Å². The molecule has 3 rings (SSSR count). The van der Waals surface area contributed by atoms with Crippen molar-refractivity contribution >= 4 is 27.6 Å². The van der Waals surface area contributed by atoms with E-state index in [1.165, 1.54) is 12.1 Å². The number of nitrogens with zero attached hydrogens (tertiary/aromatic N) is 1. The number of aliphatic hydroxyl groups is 2. The van der Waals surface area contributed by atoms with E-state index in [1.807, 2.05) is 6.92 Å². The van der Waals surface area contributed by atoms with E-state index in [-0.39, 0.29) is 21.8 Å². The molecule has 40 heavy (non-hydrogen) atoms. The van der Waals surface area contributed by atoms with Crippen LogP contribution in [0.3, 0.4) is 0 Å². The number of aliphatic carboxylic acids is 1. The van der Waals surface area contributed by atoms with E-state index in [4.69, 9.17) is 9.94 Å². The standard InChI is InChI=1S/C26H31F3N2O8S/c1-3-12-30-19-8-4-18-14-20(9-5-17(18)13-19)31(39-25(36)23(33)22(32)24(34)35)40(37,38)21-10-6-16(7-11-21)15(2)26(27,28)29/h5-7,9-11,14-15,19,22-23,30,32-33H,3-4,8,12-13H2,1-2H3,(H,34,35). The Morgan fingerprint density at radius 3 is 2.33 bits per heavy atom. The lowest BCUT2D eigenvalue weighted by Crippen LogP contribution is -2.44. The van der Waals surface area contributed by atoms with Crippen molar-refractivity contribution in [3.05, 3.63) is 59.2 Å². The first-order valence-electron chi connectivity index (χ1n) is 12.5. The highest BCUT2D eigenvalue weighted by molar-refractivity contribution is 7.92. The molecule has 0 amide bonds. The van der Waals surface area contributed by atoms with Crippen LogP contribution in [0.2, 0.25) is 0 Å². The number of carbonyl (C=O) groups excluding carboxylic acids is 1. The lowest BCUT2D eigenvalue weighted by Gasteiger charge is -2.28. The normalized spacial score (nSPS) is 17.8. The summed E-state index contributed by atoms with van der Waals surface area (Å²) in [5.41, 5.74) is 1.33. The molecule has 1 aliphatic rings. The van der Waals surface area contributed by atoms with Gasteiger partial charge in [-0.2, -0.15) is 21.6 Å². The van der Waals surface area contributed by atoms with Gasteiger partial charge in [0.05, 0.1) is 16.5 Å². The summed E-state index contributed by atoms with van der Waals surface area (Å²) in [6.45, 7) is 3.80. The molecule has 0 spiro atoms. The number of nitrogens with one attached hydrogen (secondary N) is 1. The molecule has 0 saturated heterocycles. The van der Waals surface area contributed by atoms with E-state index < -0.39 is 51.2 Å². The van der Waals surface area contributed by atoms with Gasteiger partial charge in [-0.05, 0) is 80.1 Å². The van der Waals surface area contributed by atoms with E-state index in [1.54, 1.807) is 6.07 Å². The Hall–Kier alpha value is -3.20. The summed E-state index contributed by atoms with van der Waals surface area (Å²) in [6.07, 6.45) is -6.84. The molecule has 10 nitrogen and oxygen atoms in total. The van der Waals surface area contributed by atoms with Crippen molar-refractivity contribution in [3.63, 3.8) is 0 Å². The Kier molecular flexibility index (Phi) is 9.82. The molecule has 0 saturated carbocycles. The predicted octanol–water partition coefficient (Wildman–Crippen LogP) is 2.67. The number of hydrogen-bond acceptors (Lipinski definition) is 8. The quantitative estimate of drug-likeness (QED) is 0.290. The maximum absolute atomic E-state index is 13.6. The summed E-state index contributed by atoms with van der Waals surface area (Å²) in [5.74, 6) is -5.60. The number of halogens is 3.